The fourth-order valence-corrected chi connectivity index (χ4v) is 2.32. The quantitative estimate of drug-likeness (QED) is 0.556. The summed E-state index contributed by atoms with van der Waals surface area (Å²) >= 11 is 0. The summed E-state index contributed by atoms with van der Waals surface area (Å²) in [6.07, 6.45) is 0. The van der Waals surface area contributed by atoms with Gasteiger partial charge in [-0.1, -0.05) is 18.2 Å². The molecule has 2 rings (SSSR count). The minimum absolute atomic E-state index is 0. The summed E-state index contributed by atoms with van der Waals surface area (Å²) in [5, 5.41) is 14.2. The number of rotatable bonds is 2. The first kappa shape index (κ1) is 16.3. The van der Waals surface area contributed by atoms with Crippen LogP contribution in [0, 0.1) is 0 Å². The van der Waals surface area contributed by atoms with E-state index in [1.54, 1.807) is 18.2 Å². The van der Waals surface area contributed by atoms with E-state index < -0.39 is 26.7 Å². The predicted octanol–water partition coefficient (Wildman–Crippen LogP) is -0.663. The van der Waals surface area contributed by atoms with Gasteiger partial charge in [-0.3, -0.25) is 9.35 Å². The van der Waals surface area contributed by atoms with Gasteiger partial charge in [-0.15, -0.1) is 0 Å². The van der Waals surface area contributed by atoms with Crippen LogP contribution in [-0.2, 0) is 14.9 Å². The van der Waals surface area contributed by atoms with E-state index in [4.69, 9.17) is 4.55 Å². The van der Waals surface area contributed by atoms with Gasteiger partial charge < -0.3 is 5.11 Å². The Labute approximate surface area is 132 Å². The first-order chi connectivity index (χ1) is 8.28. The van der Waals surface area contributed by atoms with Crippen LogP contribution in [0.5, 0.6) is 0 Å². The van der Waals surface area contributed by atoms with E-state index in [2.05, 4.69) is 5.10 Å². The van der Waals surface area contributed by atoms with Crippen LogP contribution in [0.25, 0.3) is 0 Å². The van der Waals surface area contributed by atoms with Crippen molar-refractivity contribution < 1.29 is 22.9 Å². The molecule has 0 saturated heterocycles. The first-order valence-corrected chi connectivity index (χ1v) is 6.37. The second-order valence-electron chi connectivity index (χ2n) is 3.76. The molecule has 0 bridgehead atoms. The summed E-state index contributed by atoms with van der Waals surface area (Å²) < 4.78 is 31.2. The Morgan fingerprint density at radius 2 is 1.79 bits per heavy atom. The van der Waals surface area contributed by atoms with Crippen molar-refractivity contribution in [2.75, 3.05) is 5.01 Å². The molecular formula is C10H11N2NaO5S. The van der Waals surface area contributed by atoms with Gasteiger partial charge in [-0.2, -0.15) is 18.5 Å². The molecule has 0 radical (unpaired) electrons. The van der Waals surface area contributed by atoms with Gasteiger partial charge in [0.05, 0.1) is 11.4 Å². The number of amides is 1. The Morgan fingerprint density at radius 3 is 2.21 bits per heavy atom. The molecule has 1 amide bonds. The predicted molar refractivity (Wildman–Crippen MR) is 70.7 cm³/mol. The molecule has 98 valence electrons. The van der Waals surface area contributed by atoms with Crippen molar-refractivity contribution in [1.82, 2.24) is 0 Å². The summed E-state index contributed by atoms with van der Waals surface area (Å²) in [5.41, 5.74) is -0.111. The summed E-state index contributed by atoms with van der Waals surface area (Å²) in [7, 11) is -5.01. The number of hydrazone groups is 1. The minimum atomic E-state index is -5.01. The zero-order valence-electron chi connectivity index (χ0n) is 9.31. The Kier molecular flexibility index (Phi) is 4.55. The van der Waals surface area contributed by atoms with Crippen molar-refractivity contribution >= 4 is 57.0 Å². The second kappa shape index (κ2) is 5.31. The Hall–Kier alpha value is -0.770. The normalized spacial score (nSPS) is 23.0. The number of nitrogens with zero attached hydrogens (tertiary/aromatic N) is 2. The Bertz CT molecular complexity index is 631. The van der Waals surface area contributed by atoms with Crippen LogP contribution in [0.2, 0.25) is 0 Å². The molecule has 1 aromatic rings. The maximum atomic E-state index is 11.9. The van der Waals surface area contributed by atoms with Crippen molar-refractivity contribution in [3.63, 3.8) is 0 Å². The molecular weight excluding hydrogens is 283 g/mol. The van der Waals surface area contributed by atoms with Crippen LogP contribution in [0.15, 0.2) is 35.4 Å². The van der Waals surface area contributed by atoms with Crippen LogP contribution < -0.4 is 5.01 Å². The molecule has 1 atom stereocenters. The van der Waals surface area contributed by atoms with Crippen LogP contribution in [0.1, 0.15) is 6.92 Å². The number of carbonyl (C=O) groups is 1. The number of carbonyl (C=O) groups excluding carboxylic acids is 1. The maximum absolute atomic E-state index is 11.9. The number of anilines is 1. The molecule has 0 fully saturated rings. The first-order valence-electron chi connectivity index (χ1n) is 4.93. The van der Waals surface area contributed by atoms with Crippen LogP contribution in [-0.4, -0.2) is 64.2 Å². The monoisotopic (exact) mass is 294 g/mol. The van der Waals surface area contributed by atoms with Gasteiger partial charge in [0, 0.05) is 0 Å². The molecule has 9 heteroatoms. The molecule has 1 unspecified atom stereocenters. The third-order valence-corrected chi connectivity index (χ3v) is 3.81. The third kappa shape index (κ3) is 2.47. The summed E-state index contributed by atoms with van der Waals surface area (Å²) in [4.78, 5) is 8.90. The second-order valence-corrected chi connectivity index (χ2v) is 5.30. The van der Waals surface area contributed by atoms with E-state index in [1.807, 2.05) is 0 Å². The van der Waals surface area contributed by atoms with E-state index in [0.29, 0.717) is 5.69 Å². The van der Waals surface area contributed by atoms with E-state index >= 15 is 0 Å². The average molecular weight is 294 g/mol. The van der Waals surface area contributed by atoms with Crippen LogP contribution in [0.4, 0.5) is 5.69 Å². The van der Waals surface area contributed by atoms with Gasteiger partial charge in [0.25, 0.3) is 0 Å². The van der Waals surface area contributed by atoms with Gasteiger partial charge in [-0.25, -0.2) is 0 Å². The number of aliphatic hydroxyl groups is 1. The summed E-state index contributed by atoms with van der Waals surface area (Å²) in [6.45, 7) is 1.15. The van der Waals surface area contributed by atoms with Crippen molar-refractivity contribution in [3.05, 3.63) is 30.3 Å². The van der Waals surface area contributed by atoms with Crippen molar-refractivity contribution in [2.45, 2.75) is 11.9 Å². The molecule has 1 heterocycles. The van der Waals surface area contributed by atoms with Crippen molar-refractivity contribution in [2.24, 2.45) is 5.10 Å². The molecule has 0 aromatic heterocycles. The van der Waals surface area contributed by atoms with Crippen LogP contribution in [0.3, 0.4) is 0 Å². The fraction of sp³-hybridized carbons (Fsp3) is 0.200. The molecule has 0 saturated carbocycles. The molecule has 1 aliphatic heterocycles. The summed E-state index contributed by atoms with van der Waals surface area (Å²) in [6, 6.07) is 7.99. The number of benzene rings is 1. The van der Waals surface area contributed by atoms with Gasteiger partial charge in [0.15, 0.2) is 0 Å². The average Bonchev–Trinajstić information content (AvgIpc) is 2.55. The SMILES string of the molecule is CC1=NN(c2ccccc2)C(=O)C1(O)S(=O)(=O)O.[NaH]. The number of hydrogen-bond acceptors (Lipinski definition) is 5. The van der Waals surface area contributed by atoms with Gasteiger partial charge in [0.2, 0.25) is 0 Å². The molecule has 0 spiro atoms. The zero-order valence-corrected chi connectivity index (χ0v) is 10.1. The fourth-order valence-electron chi connectivity index (χ4n) is 1.60. The Balaban J connectivity index is 0.00000180. The van der Waals surface area contributed by atoms with E-state index in [0.717, 1.165) is 11.9 Å². The van der Waals surface area contributed by atoms with E-state index in [9.17, 15) is 18.3 Å². The zero-order chi connectivity index (χ0) is 13.6. The van der Waals surface area contributed by atoms with Crippen molar-refractivity contribution in [3.8, 4) is 0 Å². The van der Waals surface area contributed by atoms with E-state index in [-0.39, 0.29) is 29.6 Å². The van der Waals surface area contributed by atoms with Gasteiger partial charge in [0.1, 0.15) is 0 Å². The number of para-hydroxylation sites is 1. The third-order valence-electron chi connectivity index (χ3n) is 2.60. The van der Waals surface area contributed by atoms with Crippen molar-refractivity contribution in [1.29, 1.82) is 0 Å². The van der Waals surface area contributed by atoms with Gasteiger partial charge in [-0.05, 0) is 19.1 Å². The molecule has 1 aliphatic rings. The topological polar surface area (TPSA) is 107 Å². The molecule has 19 heavy (non-hydrogen) atoms. The van der Waals surface area contributed by atoms with Crippen LogP contribution >= 0.6 is 0 Å². The Morgan fingerprint density at radius 1 is 1.26 bits per heavy atom. The number of hydrogen-bond donors (Lipinski definition) is 2. The molecule has 2 N–H and O–H groups in total. The van der Waals surface area contributed by atoms with E-state index in [1.165, 1.54) is 12.1 Å². The standard InChI is InChI=1S/C10H10N2O5S.Na.H/c1-7-10(14,18(15,16)17)9(13)12(11-7)8-5-3-2-4-6-8;;/h2-6,14H,1H3,(H,15,16,17);;. The molecule has 1 aromatic carbocycles. The molecule has 7 nitrogen and oxygen atoms in total. The summed E-state index contributed by atoms with van der Waals surface area (Å²) in [5.74, 6) is -1.23. The van der Waals surface area contributed by atoms with Gasteiger partial charge >= 0.3 is 50.5 Å². The molecule has 0 aliphatic carbocycles.